The van der Waals surface area contributed by atoms with E-state index < -0.39 is 12.2 Å². The highest BCUT2D eigenvalue weighted by Gasteiger charge is 2.18. The summed E-state index contributed by atoms with van der Waals surface area (Å²) >= 11 is 4.14. The van der Waals surface area contributed by atoms with E-state index in [1.54, 1.807) is 24.3 Å². The summed E-state index contributed by atoms with van der Waals surface area (Å²) < 4.78 is 0. The largest absolute Gasteiger partial charge is 0.388 e. The van der Waals surface area contributed by atoms with Gasteiger partial charge in [-0.15, -0.1) is 12.6 Å². The molecule has 2 atom stereocenters. The highest BCUT2D eigenvalue weighted by molar-refractivity contribution is 7.80. The Hall–Kier alpha value is -1.04. The Balaban J connectivity index is 2.62. The second kappa shape index (κ2) is 5.89. The van der Waals surface area contributed by atoms with E-state index in [0.29, 0.717) is 10.5 Å². The molecule has 0 fully saturated rings. The van der Waals surface area contributed by atoms with Gasteiger partial charge in [0, 0.05) is 18.4 Å². The summed E-state index contributed by atoms with van der Waals surface area (Å²) in [5.41, 5.74) is 0.574. The molecule has 0 saturated carbocycles. The van der Waals surface area contributed by atoms with Crippen molar-refractivity contribution >= 4 is 18.5 Å². The van der Waals surface area contributed by atoms with Crippen molar-refractivity contribution in [3.8, 4) is 0 Å². The summed E-state index contributed by atoms with van der Waals surface area (Å²) in [5, 5.41) is 21.9. The molecule has 0 aliphatic heterocycles. The van der Waals surface area contributed by atoms with Crippen molar-refractivity contribution in [2.45, 2.75) is 24.0 Å². The third-order valence-corrected chi connectivity index (χ3v) is 2.41. The van der Waals surface area contributed by atoms with Gasteiger partial charge in [0.05, 0.1) is 0 Å². The van der Waals surface area contributed by atoms with Gasteiger partial charge in [-0.3, -0.25) is 4.79 Å². The first kappa shape index (κ1) is 13.0. The fraction of sp³-hybridized carbons (Fsp3) is 0.364. The van der Waals surface area contributed by atoms with Crippen molar-refractivity contribution < 1.29 is 15.0 Å². The Morgan fingerprint density at radius 1 is 1.50 bits per heavy atom. The van der Waals surface area contributed by atoms with Crippen molar-refractivity contribution in [2.24, 2.45) is 0 Å². The standard InChI is InChI=1S/C11H15NO3S/c1-7(13)12-6-10(14)11(15)8-3-2-4-9(16)5-8/h2-5,10-11,14-16H,6H2,1H3,(H,12,13). The fourth-order valence-corrected chi connectivity index (χ4v) is 1.53. The van der Waals surface area contributed by atoms with Gasteiger partial charge >= 0.3 is 0 Å². The first-order valence-corrected chi connectivity index (χ1v) is 5.35. The molecule has 1 aromatic rings. The molecule has 16 heavy (non-hydrogen) atoms. The Labute approximate surface area is 99.7 Å². The quantitative estimate of drug-likeness (QED) is 0.580. The number of carbonyl (C=O) groups is 1. The molecule has 4 nitrogen and oxygen atoms in total. The Kier molecular flexibility index (Phi) is 4.79. The maximum atomic E-state index is 10.6. The van der Waals surface area contributed by atoms with Gasteiger partial charge in [0.25, 0.3) is 0 Å². The van der Waals surface area contributed by atoms with Crippen LogP contribution in [0, 0.1) is 0 Å². The summed E-state index contributed by atoms with van der Waals surface area (Å²) in [5.74, 6) is -0.241. The number of hydrogen-bond donors (Lipinski definition) is 4. The van der Waals surface area contributed by atoms with Crippen LogP contribution in [-0.2, 0) is 4.79 Å². The zero-order chi connectivity index (χ0) is 12.1. The number of benzene rings is 1. The number of thiol groups is 1. The second-order valence-corrected chi connectivity index (χ2v) is 4.06. The highest BCUT2D eigenvalue weighted by Crippen LogP contribution is 2.19. The van der Waals surface area contributed by atoms with E-state index in [1.165, 1.54) is 6.92 Å². The van der Waals surface area contributed by atoms with Gasteiger partial charge < -0.3 is 15.5 Å². The molecule has 1 aromatic carbocycles. The van der Waals surface area contributed by atoms with Crippen LogP contribution in [0.1, 0.15) is 18.6 Å². The summed E-state index contributed by atoms with van der Waals surface area (Å²) in [6.45, 7) is 1.38. The molecule has 88 valence electrons. The number of carbonyl (C=O) groups excluding carboxylic acids is 1. The average Bonchev–Trinajstić information content (AvgIpc) is 2.24. The third-order valence-electron chi connectivity index (χ3n) is 2.14. The zero-order valence-corrected chi connectivity index (χ0v) is 9.82. The Bertz CT molecular complexity index is 370. The summed E-state index contributed by atoms with van der Waals surface area (Å²) in [7, 11) is 0. The minimum absolute atomic E-state index is 0.0211. The van der Waals surface area contributed by atoms with Crippen LogP contribution in [0.4, 0.5) is 0 Å². The molecule has 2 unspecified atom stereocenters. The van der Waals surface area contributed by atoms with Crippen LogP contribution < -0.4 is 5.32 Å². The van der Waals surface area contributed by atoms with Crippen molar-refractivity contribution in [1.29, 1.82) is 0 Å². The lowest BCUT2D eigenvalue weighted by Gasteiger charge is -2.18. The number of nitrogens with one attached hydrogen (secondary N) is 1. The smallest absolute Gasteiger partial charge is 0.216 e. The molecular weight excluding hydrogens is 226 g/mol. The summed E-state index contributed by atoms with van der Waals surface area (Å²) in [4.78, 5) is 11.4. The van der Waals surface area contributed by atoms with Crippen LogP contribution in [0.15, 0.2) is 29.2 Å². The van der Waals surface area contributed by atoms with Crippen LogP contribution >= 0.6 is 12.6 Å². The molecule has 0 aliphatic rings. The van der Waals surface area contributed by atoms with Gasteiger partial charge in [-0.2, -0.15) is 0 Å². The maximum Gasteiger partial charge on any atom is 0.216 e. The molecule has 0 aliphatic carbocycles. The molecule has 0 bridgehead atoms. The average molecular weight is 241 g/mol. The highest BCUT2D eigenvalue weighted by atomic mass is 32.1. The minimum atomic E-state index is -1.03. The summed E-state index contributed by atoms with van der Waals surface area (Å²) in [6.07, 6.45) is -2.06. The molecule has 0 radical (unpaired) electrons. The van der Waals surface area contributed by atoms with Crippen molar-refractivity contribution in [3.63, 3.8) is 0 Å². The number of amides is 1. The topological polar surface area (TPSA) is 69.6 Å². The van der Waals surface area contributed by atoms with E-state index in [0.717, 1.165) is 0 Å². The molecule has 0 heterocycles. The lowest BCUT2D eigenvalue weighted by molar-refractivity contribution is -0.119. The number of hydrogen-bond acceptors (Lipinski definition) is 4. The first-order valence-electron chi connectivity index (χ1n) is 4.90. The minimum Gasteiger partial charge on any atom is -0.388 e. The molecular formula is C11H15NO3S. The molecule has 0 aromatic heterocycles. The van der Waals surface area contributed by atoms with E-state index in [-0.39, 0.29) is 12.5 Å². The van der Waals surface area contributed by atoms with E-state index >= 15 is 0 Å². The SMILES string of the molecule is CC(=O)NCC(O)C(O)c1cccc(S)c1. The van der Waals surface area contributed by atoms with Gasteiger partial charge in [-0.25, -0.2) is 0 Å². The van der Waals surface area contributed by atoms with Crippen molar-refractivity contribution in [1.82, 2.24) is 5.32 Å². The van der Waals surface area contributed by atoms with E-state index in [4.69, 9.17) is 0 Å². The van der Waals surface area contributed by atoms with E-state index in [2.05, 4.69) is 17.9 Å². The van der Waals surface area contributed by atoms with Crippen molar-refractivity contribution in [3.05, 3.63) is 29.8 Å². The van der Waals surface area contributed by atoms with Gasteiger partial charge in [0.15, 0.2) is 0 Å². The van der Waals surface area contributed by atoms with Gasteiger partial charge in [0.2, 0.25) is 5.91 Å². The van der Waals surface area contributed by atoms with E-state index in [1.807, 2.05) is 0 Å². The van der Waals surface area contributed by atoms with Gasteiger partial charge in [-0.05, 0) is 17.7 Å². The van der Waals surface area contributed by atoms with E-state index in [9.17, 15) is 15.0 Å². The van der Waals surface area contributed by atoms with Crippen LogP contribution in [0.5, 0.6) is 0 Å². The number of aliphatic hydroxyl groups is 2. The maximum absolute atomic E-state index is 10.6. The Morgan fingerprint density at radius 2 is 2.19 bits per heavy atom. The van der Waals surface area contributed by atoms with Gasteiger partial charge in [-0.1, -0.05) is 12.1 Å². The van der Waals surface area contributed by atoms with Gasteiger partial charge in [0.1, 0.15) is 12.2 Å². The Morgan fingerprint density at radius 3 is 2.75 bits per heavy atom. The number of aliphatic hydroxyl groups excluding tert-OH is 2. The molecule has 5 heteroatoms. The first-order chi connectivity index (χ1) is 7.50. The monoisotopic (exact) mass is 241 g/mol. The lowest BCUT2D eigenvalue weighted by atomic mass is 10.0. The van der Waals surface area contributed by atoms with Crippen LogP contribution in [0.2, 0.25) is 0 Å². The third kappa shape index (κ3) is 3.84. The summed E-state index contributed by atoms with van der Waals surface area (Å²) in [6, 6.07) is 6.89. The van der Waals surface area contributed by atoms with Crippen LogP contribution in [0.3, 0.4) is 0 Å². The molecule has 3 N–H and O–H groups in total. The molecule has 1 rings (SSSR count). The van der Waals surface area contributed by atoms with Crippen LogP contribution in [-0.4, -0.2) is 28.8 Å². The fourth-order valence-electron chi connectivity index (χ4n) is 1.29. The normalized spacial score (nSPS) is 14.2. The van der Waals surface area contributed by atoms with Crippen molar-refractivity contribution in [2.75, 3.05) is 6.54 Å². The predicted octanol–water partition coefficient (Wildman–Crippen LogP) is 0.506. The molecule has 0 saturated heterocycles. The second-order valence-electron chi connectivity index (χ2n) is 3.54. The van der Waals surface area contributed by atoms with Crippen LogP contribution in [0.25, 0.3) is 0 Å². The number of rotatable bonds is 4. The molecule has 0 spiro atoms. The lowest BCUT2D eigenvalue weighted by Crippen LogP contribution is -2.34. The predicted molar refractivity (Wildman–Crippen MR) is 63.3 cm³/mol. The zero-order valence-electron chi connectivity index (χ0n) is 8.92. The molecule has 1 amide bonds.